The molecule has 1 aromatic carbocycles. The molecule has 1 amide bonds. The Morgan fingerprint density at radius 1 is 1.21 bits per heavy atom. The molecule has 96 valence electrons. The average Bonchev–Trinajstić information content (AvgIpc) is 2.45. The summed E-state index contributed by atoms with van der Waals surface area (Å²) in [6.07, 6.45) is 4.93. The van der Waals surface area contributed by atoms with Crippen molar-refractivity contribution in [1.29, 1.82) is 0 Å². The third kappa shape index (κ3) is 4.56. The molecule has 0 saturated heterocycles. The van der Waals surface area contributed by atoms with Gasteiger partial charge in [0, 0.05) is 18.8 Å². The average molecular weight is 273 g/mol. The largest absolute Gasteiger partial charge is 0.348 e. The maximum atomic E-state index is 11.6. The lowest BCUT2D eigenvalue weighted by molar-refractivity contribution is -0.116. The van der Waals surface area contributed by atoms with E-state index in [2.05, 4.69) is 10.3 Å². The van der Waals surface area contributed by atoms with Crippen LogP contribution in [0.3, 0.4) is 0 Å². The molecule has 0 bridgehead atoms. The number of rotatable bonds is 4. The number of carbonyl (C=O) groups excluding carboxylic acids is 1. The summed E-state index contributed by atoms with van der Waals surface area (Å²) in [5.41, 5.74) is 1.90. The fourth-order valence-electron chi connectivity index (χ4n) is 1.50. The van der Waals surface area contributed by atoms with Crippen LogP contribution in [0.5, 0.6) is 0 Å². The van der Waals surface area contributed by atoms with E-state index in [1.807, 2.05) is 36.4 Å². The van der Waals surface area contributed by atoms with Crippen LogP contribution in [0.15, 0.2) is 54.7 Å². The summed E-state index contributed by atoms with van der Waals surface area (Å²) in [6.45, 7) is 0.433. The highest BCUT2D eigenvalue weighted by Crippen LogP contribution is 2.05. The van der Waals surface area contributed by atoms with Crippen LogP contribution in [0.1, 0.15) is 11.1 Å². The minimum Gasteiger partial charge on any atom is -0.348 e. The molecule has 19 heavy (non-hydrogen) atoms. The van der Waals surface area contributed by atoms with Crippen molar-refractivity contribution in [2.75, 3.05) is 0 Å². The maximum Gasteiger partial charge on any atom is 0.244 e. The number of carbonyl (C=O) groups is 1. The number of pyridine rings is 1. The zero-order valence-electron chi connectivity index (χ0n) is 10.2. The lowest BCUT2D eigenvalue weighted by Crippen LogP contribution is -2.20. The van der Waals surface area contributed by atoms with Crippen molar-refractivity contribution >= 4 is 23.6 Å². The third-order valence-electron chi connectivity index (χ3n) is 2.48. The van der Waals surface area contributed by atoms with Gasteiger partial charge in [-0.2, -0.15) is 0 Å². The molecule has 2 rings (SSSR count). The van der Waals surface area contributed by atoms with Crippen molar-refractivity contribution in [3.8, 4) is 0 Å². The number of aromatic nitrogens is 1. The Morgan fingerprint density at radius 2 is 2.00 bits per heavy atom. The molecule has 4 heteroatoms. The van der Waals surface area contributed by atoms with E-state index in [1.54, 1.807) is 18.3 Å². The van der Waals surface area contributed by atoms with E-state index in [0.717, 1.165) is 11.1 Å². The van der Waals surface area contributed by atoms with E-state index in [1.165, 1.54) is 6.08 Å². The molecule has 1 aromatic heterocycles. The van der Waals surface area contributed by atoms with Gasteiger partial charge in [-0.1, -0.05) is 48.0 Å². The Bertz CT molecular complexity index is 564. The second-order valence-electron chi connectivity index (χ2n) is 3.95. The lowest BCUT2D eigenvalue weighted by Gasteiger charge is -2.02. The molecule has 0 fully saturated rings. The molecular weight excluding hydrogens is 260 g/mol. The van der Waals surface area contributed by atoms with Crippen molar-refractivity contribution in [2.45, 2.75) is 6.54 Å². The van der Waals surface area contributed by atoms with Crippen molar-refractivity contribution in [3.63, 3.8) is 0 Å². The van der Waals surface area contributed by atoms with Crippen LogP contribution < -0.4 is 5.32 Å². The van der Waals surface area contributed by atoms with Crippen LogP contribution in [0.2, 0.25) is 5.15 Å². The van der Waals surface area contributed by atoms with Crippen molar-refractivity contribution in [2.24, 2.45) is 0 Å². The van der Waals surface area contributed by atoms with E-state index < -0.39 is 0 Å². The lowest BCUT2D eigenvalue weighted by atomic mass is 10.2. The normalized spacial score (nSPS) is 10.6. The minimum atomic E-state index is -0.140. The van der Waals surface area contributed by atoms with Gasteiger partial charge < -0.3 is 5.32 Å². The van der Waals surface area contributed by atoms with Crippen LogP contribution in [0, 0.1) is 0 Å². The summed E-state index contributed by atoms with van der Waals surface area (Å²) < 4.78 is 0. The van der Waals surface area contributed by atoms with Crippen LogP contribution >= 0.6 is 11.6 Å². The van der Waals surface area contributed by atoms with Crippen molar-refractivity contribution in [3.05, 3.63) is 71.0 Å². The predicted octanol–water partition coefficient (Wildman–Crippen LogP) is 3.06. The molecule has 1 heterocycles. The topological polar surface area (TPSA) is 42.0 Å². The van der Waals surface area contributed by atoms with Gasteiger partial charge in [0.15, 0.2) is 0 Å². The Labute approximate surface area is 116 Å². The third-order valence-corrected chi connectivity index (χ3v) is 2.71. The highest BCUT2D eigenvalue weighted by Gasteiger charge is 1.97. The summed E-state index contributed by atoms with van der Waals surface area (Å²) in [6, 6.07) is 13.2. The number of halogens is 1. The smallest absolute Gasteiger partial charge is 0.244 e. The standard InChI is InChI=1S/C15H13ClN2O/c16-14-8-6-13(10-17-14)11-18-15(19)9-7-12-4-2-1-3-5-12/h1-10H,11H2,(H,18,19)/b9-7+. The fraction of sp³-hybridized carbons (Fsp3) is 0.0667. The van der Waals surface area contributed by atoms with Gasteiger partial charge in [-0.15, -0.1) is 0 Å². The summed E-state index contributed by atoms with van der Waals surface area (Å²) in [7, 11) is 0. The molecule has 0 saturated carbocycles. The van der Waals surface area contributed by atoms with Crippen molar-refractivity contribution in [1.82, 2.24) is 10.3 Å². The second kappa shape index (κ2) is 6.71. The monoisotopic (exact) mass is 272 g/mol. The number of hydrogen-bond donors (Lipinski definition) is 1. The predicted molar refractivity (Wildman–Crippen MR) is 76.6 cm³/mol. The minimum absolute atomic E-state index is 0.140. The van der Waals surface area contributed by atoms with E-state index in [0.29, 0.717) is 11.7 Å². The summed E-state index contributed by atoms with van der Waals surface area (Å²) in [5.74, 6) is -0.140. The van der Waals surface area contributed by atoms with Gasteiger partial charge in [0.05, 0.1) is 0 Å². The highest BCUT2D eigenvalue weighted by molar-refractivity contribution is 6.29. The number of amides is 1. The zero-order valence-corrected chi connectivity index (χ0v) is 11.0. The number of benzene rings is 1. The maximum absolute atomic E-state index is 11.6. The molecule has 0 aliphatic rings. The summed E-state index contributed by atoms with van der Waals surface area (Å²) >= 11 is 5.68. The Balaban J connectivity index is 1.85. The molecule has 1 N–H and O–H groups in total. The van der Waals surface area contributed by atoms with Gasteiger partial charge in [0.1, 0.15) is 5.15 Å². The molecule has 3 nitrogen and oxygen atoms in total. The first-order valence-electron chi connectivity index (χ1n) is 5.85. The Morgan fingerprint density at radius 3 is 2.68 bits per heavy atom. The fourth-order valence-corrected chi connectivity index (χ4v) is 1.61. The first kappa shape index (κ1) is 13.3. The van der Waals surface area contributed by atoms with E-state index in [4.69, 9.17) is 11.6 Å². The first-order chi connectivity index (χ1) is 9.24. The molecule has 0 aliphatic carbocycles. The molecule has 0 atom stereocenters. The van der Waals surface area contributed by atoms with Crippen LogP contribution in [0.4, 0.5) is 0 Å². The number of nitrogens with one attached hydrogen (secondary N) is 1. The van der Waals surface area contributed by atoms with Gasteiger partial charge >= 0.3 is 0 Å². The zero-order chi connectivity index (χ0) is 13.5. The first-order valence-corrected chi connectivity index (χ1v) is 6.23. The second-order valence-corrected chi connectivity index (χ2v) is 4.34. The quantitative estimate of drug-likeness (QED) is 0.687. The van der Waals surface area contributed by atoms with E-state index in [-0.39, 0.29) is 5.91 Å². The molecule has 0 aliphatic heterocycles. The SMILES string of the molecule is O=C(/C=C/c1ccccc1)NCc1ccc(Cl)nc1. The van der Waals surface area contributed by atoms with E-state index >= 15 is 0 Å². The van der Waals surface area contributed by atoms with Gasteiger partial charge in [0.25, 0.3) is 0 Å². The van der Waals surface area contributed by atoms with Crippen LogP contribution in [-0.2, 0) is 11.3 Å². The van der Waals surface area contributed by atoms with Gasteiger partial charge in [-0.25, -0.2) is 4.98 Å². The van der Waals surface area contributed by atoms with Crippen LogP contribution in [0.25, 0.3) is 6.08 Å². The Hall–Kier alpha value is -2.13. The number of nitrogens with zero attached hydrogens (tertiary/aromatic N) is 1. The van der Waals surface area contributed by atoms with Gasteiger partial charge in [-0.05, 0) is 23.3 Å². The molecule has 2 aromatic rings. The van der Waals surface area contributed by atoms with Crippen molar-refractivity contribution < 1.29 is 4.79 Å². The van der Waals surface area contributed by atoms with Gasteiger partial charge in [0.2, 0.25) is 5.91 Å². The van der Waals surface area contributed by atoms with E-state index in [9.17, 15) is 4.79 Å². The number of hydrogen-bond acceptors (Lipinski definition) is 2. The van der Waals surface area contributed by atoms with Crippen LogP contribution in [-0.4, -0.2) is 10.9 Å². The highest BCUT2D eigenvalue weighted by atomic mass is 35.5. The van der Waals surface area contributed by atoms with Gasteiger partial charge in [-0.3, -0.25) is 4.79 Å². The summed E-state index contributed by atoms with van der Waals surface area (Å²) in [5, 5.41) is 3.22. The molecule has 0 radical (unpaired) electrons. The summed E-state index contributed by atoms with van der Waals surface area (Å²) in [4.78, 5) is 15.6. The molecule has 0 spiro atoms. The molecular formula is C15H13ClN2O. The molecule has 0 unspecified atom stereocenters. The Kier molecular flexibility index (Phi) is 4.70.